The Balaban J connectivity index is 1.53. The number of hydrogen-bond acceptors (Lipinski definition) is 20. The largest absolute Gasteiger partial charge is 0.368 e. The van der Waals surface area contributed by atoms with Gasteiger partial charge in [-0.3, -0.25) is 71.9 Å². The second-order valence-electron chi connectivity index (χ2n) is 35.3. The molecule has 26 N–H and O–H groups in total. The zero-order chi connectivity index (χ0) is 94.0. The molecule has 0 saturated carbocycles. The fourth-order valence-corrected chi connectivity index (χ4v) is 14.2. The van der Waals surface area contributed by atoms with E-state index in [0.717, 1.165) is 10.9 Å². The maximum atomic E-state index is 15.1. The number of carbonyl (C=O) groups excluding carboxylic acids is 15. The average molecular weight is 1760 g/mol. The van der Waals surface area contributed by atoms with Crippen molar-refractivity contribution in [1.82, 2.24) is 89.4 Å². The van der Waals surface area contributed by atoms with Gasteiger partial charge in [-0.15, -0.1) is 0 Å². The molecule has 126 heavy (non-hydrogen) atoms. The number of benzene rings is 2. The van der Waals surface area contributed by atoms with Gasteiger partial charge >= 0.3 is 0 Å². The second kappa shape index (κ2) is 55.5. The highest BCUT2D eigenvalue weighted by atomic mass is 16.2. The molecule has 15 atom stereocenters. The number of H-pyrrole nitrogens is 2. The lowest BCUT2D eigenvalue weighted by Gasteiger charge is -2.29. The van der Waals surface area contributed by atoms with Crippen LogP contribution in [0.1, 0.15) is 211 Å². The van der Waals surface area contributed by atoms with Crippen molar-refractivity contribution < 1.29 is 71.9 Å². The van der Waals surface area contributed by atoms with E-state index in [9.17, 15) is 67.1 Å². The van der Waals surface area contributed by atoms with Crippen LogP contribution in [0.15, 0.2) is 73.3 Å². The zero-order valence-corrected chi connectivity index (χ0v) is 76.4. The van der Waals surface area contributed by atoms with Crippen LogP contribution < -0.4 is 103 Å². The molecule has 0 aliphatic carbocycles. The van der Waals surface area contributed by atoms with Crippen LogP contribution in [0.2, 0.25) is 0 Å². The number of primary amides is 1. The first-order valence-corrected chi connectivity index (χ1v) is 44.5. The minimum atomic E-state index is -1.46. The summed E-state index contributed by atoms with van der Waals surface area (Å²) in [4.78, 5) is 224. The maximum absolute atomic E-state index is 15.1. The van der Waals surface area contributed by atoms with E-state index in [0.29, 0.717) is 81.3 Å². The first-order chi connectivity index (χ1) is 59.6. The Morgan fingerprint density at radius 1 is 0.381 bits per heavy atom. The van der Waals surface area contributed by atoms with Crippen LogP contribution in [0.4, 0.5) is 0 Å². The highest BCUT2D eigenvalue weighted by Crippen LogP contribution is 2.22. The summed E-state index contributed by atoms with van der Waals surface area (Å²) >= 11 is 0. The third-order valence-electron chi connectivity index (χ3n) is 21.6. The summed E-state index contributed by atoms with van der Waals surface area (Å²) in [5, 5.41) is 39.2. The second-order valence-corrected chi connectivity index (χ2v) is 35.3. The molecule has 0 aliphatic heterocycles. The smallest absolute Gasteiger partial charge is 0.243 e. The number of imidazole rings is 1. The number of aromatic nitrogens is 3. The Morgan fingerprint density at radius 2 is 0.770 bits per heavy atom. The highest BCUT2D eigenvalue weighted by Gasteiger charge is 2.40. The predicted octanol–water partition coefficient (Wildman–Crippen LogP) is 1.10. The van der Waals surface area contributed by atoms with Crippen LogP contribution in [0.5, 0.6) is 0 Å². The molecule has 2 aromatic heterocycles. The molecule has 0 saturated heterocycles. The van der Waals surface area contributed by atoms with Gasteiger partial charge in [-0.1, -0.05) is 158 Å². The lowest BCUT2D eigenvalue weighted by molar-refractivity contribution is -0.136. The van der Waals surface area contributed by atoms with Crippen molar-refractivity contribution in [3.8, 4) is 0 Å². The predicted molar refractivity (Wildman–Crippen MR) is 481 cm³/mol. The third-order valence-corrected chi connectivity index (χ3v) is 21.6. The van der Waals surface area contributed by atoms with Crippen molar-refractivity contribution >= 4 is 99.5 Å². The molecule has 0 unspecified atom stereocenters. The molecule has 4 rings (SSSR count). The normalized spacial score (nSPS) is 15.1. The molecule has 15 amide bonds. The number of hydrogen-bond donors (Lipinski definition) is 21. The van der Waals surface area contributed by atoms with E-state index in [1.54, 1.807) is 91.9 Å². The highest BCUT2D eigenvalue weighted by molar-refractivity contribution is 6.01. The van der Waals surface area contributed by atoms with Crippen molar-refractivity contribution in [2.45, 2.75) is 298 Å². The van der Waals surface area contributed by atoms with Crippen molar-refractivity contribution in [1.29, 1.82) is 0 Å². The molecule has 0 radical (unpaired) electrons. The van der Waals surface area contributed by atoms with E-state index in [4.69, 9.17) is 28.7 Å². The minimum Gasteiger partial charge on any atom is -0.368 e. The Labute approximate surface area is 741 Å². The molecular weight excluding hydrogens is 1620 g/mol. The lowest BCUT2D eigenvalue weighted by atomic mass is 9.96. The molecule has 37 nitrogen and oxygen atoms in total. The average Bonchev–Trinajstić information content (AvgIpc) is 1.64. The zero-order valence-electron chi connectivity index (χ0n) is 76.4. The Bertz CT molecular complexity index is 4140. The van der Waals surface area contributed by atoms with Gasteiger partial charge in [-0.05, 0) is 162 Å². The van der Waals surface area contributed by atoms with Gasteiger partial charge in [0.05, 0.1) is 18.9 Å². The summed E-state index contributed by atoms with van der Waals surface area (Å²) in [6.07, 6.45) is 8.49. The van der Waals surface area contributed by atoms with Crippen molar-refractivity contribution in [2.75, 3.05) is 26.2 Å². The Kier molecular flexibility index (Phi) is 47.3. The monoisotopic (exact) mass is 1760 g/mol. The van der Waals surface area contributed by atoms with Gasteiger partial charge in [-0.25, -0.2) is 4.98 Å². The number of nitrogens with two attached hydrogens (primary N) is 5. The van der Waals surface area contributed by atoms with Gasteiger partial charge in [0.2, 0.25) is 88.6 Å². The fraction of sp³-hybridized carbons (Fsp3) is 0.640. The van der Waals surface area contributed by atoms with E-state index in [1.807, 2.05) is 65.8 Å². The number of para-hydroxylation sites is 1. The minimum absolute atomic E-state index is 0.00536. The Morgan fingerprint density at radius 3 is 1.24 bits per heavy atom. The van der Waals surface area contributed by atoms with Crippen LogP contribution in [-0.2, 0) is 91.2 Å². The third kappa shape index (κ3) is 37.7. The van der Waals surface area contributed by atoms with Crippen LogP contribution in [-0.4, -0.2) is 214 Å². The molecule has 2 aromatic carbocycles. The van der Waals surface area contributed by atoms with Crippen LogP contribution in [0.3, 0.4) is 0 Å². The van der Waals surface area contributed by atoms with Crippen molar-refractivity contribution in [3.05, 3.63) is 90.1 Å². The number of aromatic amines is 2. The number of unbranched alkanes of at least 4 members (excludes halogenated alkanes) is 3. The summed E-state index contributed by atoms with van der Waals surface area (Å²) < 4.78 is 0. The van der Waals surface area contributed by atoms with Crippen LogP contribution in [0.25, 0.3) is 10.9 Å². The summed E-state index contributed by atoms with van der Waals surface area (Å²) in [7, 11) is 0. The van der Waals surface area contributed by atoms with E-state index in [2.05, 4.69) is 89.4 Å². The van der Waals surface area contributed by atoms with Gasteiger partial charge in [-0.2, -0.15) is 0 Å². The molecular formula is C89H146N22O15. The molecule has 0 aliphatic rings. The maximum Gasteiger partial charge on any atom is 0.243 e. The van der Waals surface area contributed by atoms with Crippen molar-refractivity contribution in [2.24, 2.45) is 70.1 Å². The molecule has 4 aromatic rings. The molecule has 0 bridgehead atoms. The summed E-state index contributed by atoms with van der Waals surface area (Å²) in [5.74, 6) is -13.5. The van der Waals surface area contributed by atoms with Gasteiger partial charge < -0.3 is 113 Å². The van der Waals surface area contributed by atoms with Crippen molar-refractivity contribution in [3.63, 3.8) is 0 Å². The number of rotatable bonds is 59. The summed E-state index contributed by atoms with van der Waals surface area (Å²) in [5.41, 5.74) is 31.9. The molecule has 0 fully saturated rings. The van der Waals surface area contributed by atoms with Gasteiger partial charge in [0, 0.05) is 48.3 Å². The van der Waals surface area contributed by atoms with Crippen LogP contribution >= 0.6 is 0 Å². The van der Waals surface area contributed by atoms with Gasteiger partial charge in [0.25, 0.3) is 0 Å². The van der Waals surface area contributed by atoms with Crippen LogP contribution in [0, 0.1) is 41.4 Å². The number of amides is 15. The summed E-state index contributed by atoms with van der Waals surface area (Å²) in [6.45, 7) is 26.5. The molecule has 2 heterocycles. The topological polar surface area (TPSA) is 599 Å². The SMILES string of the molecule is CC[C@H](C)[C@H](NC(=O)[C@H](CC(C)C)NC(=O)[C@H](Cc1cnc[nH]1)NC(=O)[C@H](Cc1ccccc1)NC(=O)[C@H](CC(C)C)NC(=O)[C@H](CCCCN)NC(=O)[C@H](Cc1c[nH]c2ccccc12)NC(=O)[C@@H](N)CCCCN)C(=O)NCC(=O)N[C@@H](C)C(=O)N[C@H](C(=O)N[C@@H](CC(C)C)C(=O)N[C@@H](CCCCN)C(=O)N[C@H](C(=O)N[C@@H](CC(C)C)C(N)=O)C(C)C)C(C)C. The number of nitrogens with zero attached hydrogens (tertiary/aromatic N) is 1. The first kappa shape index (κ1) is 107. The standard InChI is InChI=1S/C89H146N22O15/c1-16-55(14)75(87(124)97-47-72(112)99-56(15)77(114)109-73(53(10)11)89(126)108-67(40-51(6)7)81(118)101-64(34-24-27-37-92)80(117)110-74(54(12)13)88(125)102-65(76(94)113)38-49(2)3)111-86(123)68(41-52(8)9)105-85(122)71(44-59-46-95-48-98-59)107-83(120)69(42-57-28-18-17-19-29-57)106-82(119)66(39-50(4)5)104-79(116)63(33-23-26-36-91)100-84(121)70(103-78(115)61(93)31-22-25-35-90)43-58-45-96-62-32-21-20-30-60(58)62/h17-21,28-30,32,45-46,48-56,61,63-71,73-75,96H,16,22-27,31,33-44,47,90-93H2,1-15H3,(H2,94,113)(H,95,98)(H,97,124)(H,99,112)(H,100,121)(H,101,118)(H,102,125)(H,103,115)(H,104,116)(H,105,122)(H,106,119)(H,107,120)(H,108,126)(H,109,114)(H,110,117)(H,111,123)/t55-,56-,61-,63-,64-,65-,66-,67-,68-,69-,70-,71-,73-,74-,75-/m0/s1. The van der Waals surface area contributed by atoms with E-state index < -0.39 is 197 Å². The van der Waals surface area contributed by atoms with E-state index >= 15 is 4.79 Å². The van der Waals surface area contributed by atoms with E-state index in [1.165, 1.54) is 19.4 Å². The van der Waals surface area contributed by atoms with Gasteiger partial charge in [0.1, 0.15) is 78.5 Å². The number of fused-ring (bicyclic) bond motifs is 1. The molecule has 0 spiro atoms. The quantitative estimate of drug-likeness (QED) is 0.0275. The molecule has 702 valence electrons. The first-order valence-electron chi connectivity index (χ1n) is 44.5. The summed E-state index contributed by atoms with van der Waals surface area (Å²) in [6, 6.07) is -1.22. The fourth-order valence-electron chi connectivity index (χ4n) is 14.2. The lowest BCUT2D eigenvalue weighted by Crippen LogP contribution is -2.61. The van der Waals surface area contributed by atoms with E-state index in [-0.39, 0.29) is 88.0 Å². The van der Waals surface area contributed by atoms with Gasteiger partial charge in [0.15, 0.2) is 0 Å². The number of nitrogens with one attached hydrogen (secondary N) is 16. The number of carbonyl (C=O) groups is 15. The molecule has 37 heteroatoms. The Hall–Kier alpha value is -10.9.